The highest BCUT2D eigenvalue weighted by molar-refractivity contribution is 7.92. The molecular formula is C19H30N2O4S. The second kappa shape index (κ2) is 9.26. The number of anilines is 2. The third-order valence-corrected chi connectivity index (χ3v) is 5.54. The molecule has 0 aromatic heterocycles. The topological polar surface area (TPSA) is 84.5 Å². The van der Waals surface area contributed by atoms with Crippen molar-refractivity contribution >= 4 is 27.3 Å². The third-order valence-electron chi connectivity index (χ3n) is 4.95. The predicted octanol–water partition coefficient (Wildman–Crippen LogP) is 4.00. The first-order valence-corrected chi connectivity index (χ1v) is 11.2. The van der Waals surface area contributed by atoms with Gasteiger partial charge < -0.3 is 10.1 Å². The first-order valence-electron chi connectivity index (χ1n) is 9.29. The Labute approximate surface area is 156 Å². The van der Waals surface area contributed by atoms with Crippen molar-refractivity contribution in [1.29, 1.82) is 0 Å². The van der Waals surface area contributed by atoms with Crippen LogP contribution in [0.1, 0.15) is 51.9 Å². The van der Waals surface area contributed by atoms with E-state index in [1.807, 2.05) is 0 Å². The lowest BCUT2D eigenvalue weighted by Crippen LogP contribution is -2.27. The summed E-state index contributed by atoms with van der Waals surface area (Å²) in [7, 11) is -1.93. The Morgan fingerprint density at radius 3 is 2.50 bits per heavy atom. The van der Waals surface area contributed by atoms with E-state index in [2.05, 4.69) is 17.0 Å². The van der Waals surface area contributed by atoms with Gasteiger partial charge in [-0.3, -0.25) is 9.52 Å². The SMILES string of the molecule is CCCCC1CCC(C(=O)Nc2ccc(NS(C)(=O)=O)c(OC)c2)CC1. The number of sulfonamides is 1. The normalized spacial score (nSPS) is 20.4. The Morgan fingerprint density at radius 1 is 1.23 bits per heavy atom. The quantitative estimate of drug-likeness (QED) is 0.712. The van der Waals surface area contributed by atoms with Crippen LogP contribution in [0.3, 0.4) is 0 Å². The molecule has 1 aromatic carbocycles. The number of nitrogens with one attached hydrogen (secondary N) is 2. The van der Waals surface area contributed by atoms with Crippen LogP contribution in [0, 0.1) is 11.8 Å². The fourth-order valence-corrected chi connectivity index (χ4v) is 4.07. The van der Waals surface area contributed by atoms with E-state index in [4.69, 9.17) is 4.74 Å². The second-order valence-corrected chi connectivity index (χ2v) is 8.89. The van der Waals surface area contributed by atoms with Crippen LogP contribution in [0.2, 0.25) is 0 Å². The first-order chi connectivity index (χ1) is 12.3. The maximum atomic E-state index is 12.5. The van der Waals surface area contributed by atoms with E-state index in [0.29, 0.717) is 17.1 Å². The minimum absolute atomic E-state index is 0.0322. The molecule has 1 aromatic rings. The first kappa shape index (κ1) is 20.6. The summed E-state index contributed by atoms with van der Waals surface area (Å²) >= 11 is 0. The molecule has 0 atom stereocenters. The summed E-state index contributed by atoms with van der Waals surface area (Å²) in [6.45, 7) is 2.21. The largest absolute Gasteiger partial charge is 0.494 e. The summed E-state index contributed by atoms with van der Waals surface area (Å²) in [5, 5.41) is 2.94. The molecule has 1 saturated carbocycles. The van der Waals surface area contributed by atoms with E-state index in [1.54, 1.807) is 18.2 Å². The Bertz CT molecular complexity index is 710. The molecule has 26 heavy (non-hydrogen) atoms. The highest BCUT2D eigenvalue weighted by Crippen LogP contribution is 2.33. The molecule has 0 spiro atoms. The van der Waals surface area contributed by atoms with Crippen LogP contribution < -0.4 is 14.8 Å². The van der Waals surface area contributed by atoms with E-state index in [-0.39, 0.29) is 11.8 Å². The van der Waals surface area contributed by atoms with Gasteiger partial charge in [-0.25, -0.2) is 8.42 Å². The predicted molar refractivity (Wildman–Crippen MR) is 105 cm³/mol. The van der Waals surface area contributed by atoms with Crippen molar-refractivity contribution in [3.05, 3.63) is 18.2 Å². The van der Waals surface area contributed by atoms with E-state index in [0.717, 1.165) is 37.9 Å². The average Bonchev–Trinajstić information content (AvgIpc) is 2.60. The standard InChI is InChI=1S/C19H30N2O4S/c1-4-5-6-14-7-9-15(10-8-14)19(22)20-16-11-12-17(18(13-16)25-2)21-26(3,23)24/h11-15,21H,4-10H2,1-3H3,(H,20,22). The molecule has 0 radical (unpaired) electrons. The van der Waals surface area contributed by atoms with Crippen molar-refractivity contribution in [3.63, 3.8) is 0 Å². The smallest absolute Gasteiger partial charge is 0.229 e. The molecular weight excluding hydrogens is 352 g/mol. The monoisotopic (exact) mass is 382 g/mol. The highest BCUT2D eigenvalue weighted by atomic mass is 32.2. The fourth-order valence-electron chi connectivity index (χ4n) is 3.50. The molecule has 6 nitrogen and oxygen atoms in total. The number of carbonyl (C=O) groups is 1. The van der Waals surface area contributed by atoms with Crippen LogP contribution in [0.4, 0.5) is 11.4 Å². The molecule has 0 bridgehead atoms. The Balaban J connectivity index is 1.95. The summed E-state index contributed by atoms with van der Waals surface area (Å²) < 4.78 is 30.4. The molecule has 1 fully saturated rings. The number of rotatable bonds is 8. The molecule has 1 aliphatic rings. The summed E-state index contributed by atoms with van der Waals surface area (Å²) in [6.07, 6.45) is 8.98. The van der Waals surface area contributed by atoms with Crippen LogP contribution in [0.25, 0.3) is 0 Å². The summed E-state index contributed by atoms with van der Waals surface area (Å²) in [5.74, 6) is 1.22. The van der Waals surface area contributed by atoms with Crippen molar-refractivity contribution in [2.24, 2.45) is 11.8 Å². The van der Waals surface area contributed by atoms with Crippen molar-refractivity contribution < 1.29 is 17.9 Å². The lowest BCUT2D eigenvalue weighted by Gasteiger charge is -2.27. The van der Waals surface area contributed by atoms with Gasteiger partial charge in [0, 0.05) is 17.7 Å². The van der Waals surface area contributed by atoms with Gasteiger partial charge in [0.2, 0.25) is 15.9 Å². The minimum Gasteiger partial charge on any atom is -0.494 e. The molecule has 0 aliphatic heterocycles. The molecule has 1 amide bonds. The van der Waals surface area contributed by atoms with Gasteiger partial charge in [0.05, 0.1) is 19.1 Å². The fraction of sp³-hybridized carbons (Fsp3) is 0.632. The summed E-state index contributed by atoms with van der Waals surface area (Å²) in [4.78, 5) is 12.5. The Morgan fingerprint density at radius 2 is 1.92 bits per heavy atom. The lowest BCUT2D eigenvalue weighted by molar-refractivity contribution is -0.121. The van der Waals surface area contributed by atoms with Gasteiger partial charge in [-0.2, -0.15) is 0 Å². The van der Waals surface area contributed by atoms with E-state index >= 15 is 0 Å². The van der Waals surface area contributed by atoms with Crippen molar-refractivity contribution in [1.82, 2.24) is 0 Å². The molecule has 0 heterocycles. The van der Waals surface area contributed by atoms with Gasteiger partial charge in [-0.05, 0) is 43.7 Å². The van der Waals surface area contributed by atoms with Gasteiger partial charge in [0.15, 0.2) is 0 Å². The number of methoxy groups -OCH3 is 1. The number of amides is 1. The van der Waals surface area contributed by atoms with Crippen molar-refractivity contribution in [2.75, 3.05) is 23.4 Å². The Kier molecular flexibility index (Phi) is 7.32. The maximum absolute atomic E-state index is 12.5. The average molecular weight is 383 g/mol. The molecule has 146 valence electrons. The van der Waals surface area contributed by atoms with Crippen LogP contribution in [-0.2, 0) is 14.8 Å². The third kappa shape index (κ3) is 6.20. The van der Waals surface area contributed by atoms with Crippen LogP contribution in [0.5, 0.6) is 5.75 Å². The number of carbonyl (C=O) groups excluding carboxylic acids is 1. The Hall–Kier alpha value is -1.76. The molecule has 1 aliphatic carbocycles. The van der Waals surface area contributed by atoms with Crippen molar-refractivity contribution in [2.45, 2.75) is 51.9 Å². The molecule has 0 saturated heterocycles. The highest BCUT2D eigenvalue weighted by Gasteiger charge is 2.26. The minimum atomic E-state index is -3.39. The number of hydrogen-bond donors (Lipinski definition) is 2. The summed E-state index contributed by atoms with van der Waals surface area (Å²) in [6, 6.07) is 4.91. The maximum Gasteiger partial charge on any atom is 0.229 e. The zero-order valence-corrected chi connectivity index (χ0v) is 16.7. The van der Waals surface area contributed by atoms with E-state index < -0.39 is 10.0 Å². The molecule has 2 N–H and O–H groups in total. The van der Waals surface area contributed by atoms with Crippen molar-refractivity contribution in [3.8, 4) is 5.75 Å². The van der Waals surface area contributed by atoms with Crippen LogP contribution in [0.15, 0.2) is 18.2 Å². The zero-order chi connectivity index (χ0) is 19.2. The zero-order valence-electron chi connectivity index (χ0n) is 15.9. The van der Waals surface area contributed by atoms with Crippen LogP contribution >= 0.6 is 0 Å². The number of benzene rings is 1. The number of ether oxygens (including phenoxy) is 1. The van der Waals surface area contributed by atoms with E-state index in [1.165, 1.54) is 26.4 Å². The molecule has 7 heteroatoms. The summed E-state index contributed by atoms with van der Waals surface area (Å²) in [5.41, 5.74) is 0.962. The second-order valence-electron chi connectivity index (χ2n) is 7.14. The van der Waals surface area contributed by atoms with Gasteiger partial charge in [0.1, 0.15) is 5.75 Å². The lowest BCUT2D eigenvalue weighted by atomic mass is 9.79. The van der Waals surface area contributed by atoms with Gasteiger partial charge in [0.25, 0.3) is 0 Å². The molecule has 2 rings (SSSR count). The van der Waals surface area contributed by atoms with Gasteiger partial charge in [-0.15, -0.1) is 0 Å². The number of hydrogen-bond acceptors (Lipinski definition) is 4. The van der Waals surface area contributed by atoms with Crippen LogP contribution in [-0.4, -0.2) is 27.7 Å². The van der Waals surface area contributed by atoms with Gasteiger partial charge >= 0.3 is 0 Å². The van der Waals surface area contributed by atoms with E-state index in [9.17, 15) is 13.2 Å². The van der Waals surface area contributed by atoms with Gasteiger partial charge in [-0.1, -0.05) is 26.2 Å². The number of unbranched alkanes of at least 4 members (excludes halogenated alkanes) is 1. The molecule has 0 unspecified atom stereocenters.